The second-order valence-electron chi connectivity index (χ2n) is 6.13. The number of anilines is 1. The van der Waals surface area contributed by atoms with Crippen molar-refractivity contribution in [1.82, 2.24) is 9.55 Å². The zero-order chi connectivity index (χ0) is 17.2. The maximum atomic E-state index is 5.92. The summed E-state index contributed by atoms with van der Waals surface area (Å²) in [5.41, 5.74) is 6.69. The molecule has 0 aliphatic carbocycles. The minimum Gasteiger partial charge on any atom is -0.381 e. The molecule has 1 heterocycles. The van der Waals surface area contributed by atoms with Gasteiger partial charge in [0.2, 0.25) is 0 Å². The number of benzene rings is 3. The fourth-order valence-corrected chi connectivity index (χ4v) is 2.97. The lowest BCUT2D eigenvalue weighted by Crippen LogP contribution is -1.99. The number of halogens is 1. The molecule has 3 nitrogen and oxygen atoms in total. The molecule has 1 aromatic heterocycles. The van der Waals surface area contributed by atoms with Crippen molar-refractivity contribution in [3.05, 3.63) is 89.2 Å². The van der Waals surface area contributed by atoms with Crippen LogP contribution in [-0.4, -0.2) is 9.55 Å². The van der Waals surface area contributed by atoms with E-state index in [9.17, 15) is 0 Å². The van der Waals surface area contributed by atoms with E-state index in [0.717, 1.165) is 34.0 Å². The Bertz CT molecular complexity index is 1000. The van der Waals surface area contributed by atoms with Crippen molar-refractivity contribution >= 4 is 28.3 Å². The molecule has 4 aromatic rings. The highest BCUT2D eigenvalue weighted by molar-refractivity contribution is 6.30. The minimum absolute atomic E-state index is 0.751. The van der Waals surface area contributed by atoms with Gasteiger partial charge in [0.15, 0.2) is 0 Å². The van der Waals surface area contributed by atoms with E-state index in [1.165, 1.54) is 11.1 Å². The Morgan fingerprint density at radius 3 is 2.48 bits per heavy atom. The van der Waals surface area contributed by atoms with Gasteiger partial charge < -0.3 is 5.32 Å². The molecule has 1 N–H and O–H groups in total. The molecular weight excluding hydrogens is 330 g/mol. The molecule has 3 aromatic carbocycles. The second-order valence-corrected chi connectivity index (χ2v) is 6.57. The van der Waals surface area contributed by atoms with Gasteiger partial charge in [-0.2, -0.15) is 0 Å². The number of nitrogens with zero attached hydrogens (tertiary/aromatic N) is 2. The van der Waals surface area contributed by atoms with E-state index in [0.29, 0.717) is 0 Å². The molecule has 0 radical (unpaired) electrons. The first-order chi connectivity index (χ1) is 12.2. The highest BCUT2D eigenvalue weighted by Crippen LogP contribution is 2.22. The Balaban J connectivity index is 1.57. The zero-order valence-electron chi connectivity index (χ0n) is 13.9. The van der Waals surface area contributed by atoms with Gasteiger partial charge in [-0.15, -0.1) is 0 Å². The number of nitrogens with one attached hydrogen (secondary N) is 1. The lowest BCUT2D eigenvalue weighted by Gasteiger charge is -2.08. The summed E-state index contributed by atoms with van der Waals surface area (Å²) in [7, 11) is 0. The minimum atomic E-state index is 0.751. The van der Waals surface area contributed by atoms with E-state index in [-0.39, 0.29) is 0 Å². The molecule has 0 saturated heterocycles. The number of hydrogen-bond donors (Lipinski definition) is 1. The third kappa shape index (κ3) is 3.37. The standard InChI is InChI=1S/C21H18ClN3/c1-15-2-9-19(10-3-15)25-14-24-20-12-18(8-11-21(20)25)23-13-16-4-6-17(22)7-5-16/h2-12,14,23H,13H2,1H3. The fourth-order valence-electron chi connectivity index (χ4n) is 2.84. The van der Waals surface area contributed by atoms with Crippen molar-refractivity contribution < 1.29 is 0 Å². The van der Waals surface area contributed by atoms with Gasteiger partial charge >= 0.3 is 0 Å². The number of aromatic nitrogens is 2. The lowest BCUT2D eigenvalue weighted by atomic mass is 10.2. The highest BCUT2D eigenvalue weighted by Gasteiger charge is 2.05. The topological polar surface area (TPSA) is 29.9 Å². The van der Waals surface area contributed by atoms with Crippen molar-refractivity contribution in [3.8, 4) is 5.69 Å². The first-order valence-electron chi connectivity index (χ1n) is 8.21. The molecule has 0 aliphatic rings. The first kappa shape index (κ1) is 15.7. The Hall–Kier alpha value is -2.78. The van der Waals surface area contributed by atoms with E-state index < -0.39 is 0 Å². The van der Waals surface area contributed by atoms with Crippen LogP contribution in [0.1, 0.15) is 11.1 Å². The summed E-state index contributed by atoms with van der Waals surface area (Å²) in [5, 5.41) is 4.19. The summed E-state index contributed by atoms with van der Waals surface area (Å²) in [4.78, 5) is 4.55. The van der Waals surface area contributed by atoms with E-state index in [1.54, 1.807) is 0 Å². The number of rotatable bonds is 4. The van der Waals surface area contributed by atoms with Crippen molar-refractivity contribution in [3.63, 3.8) is 0 Å². The summed E-state index contributed by atoms with van der Waals surface area (Å²) in [6, 6.07) is 22.6. The van der Waals surface area contributed by atoms with Crippen molar-refractivity contribution in [1.29, 1.82) is 0 Å². The van der Waals surface area contributed by atoms with Crippen molar-refractivity contribution in [2.24, 2.45) is 0 Å². The smallest absolute Gasteiger partial charge is 0.100 e. The van der Waals surface area contributed by atoms with Crippen LogP contribution < -0.4 is 5.32 Å². The third-order valence-electron chi connectivity index (χ3n) is 4.27. The third-order valence-corrected chi connectivity index (χ3v) is 4.52. The van der Waals surface area contributed by atoms with E-state index in [1.807, 2.05) is 30.6 Å². The van der Waals surface area contributed by atoms with Gasteiger partial charge in [-0.25, -0.2) is 4.98 Å². The molecular formula is C21H18ClN3. The molecule has 0 amide bonds. The molecule has 0 bridgehead atoms. The monoisotopic (exact) mass is 347 g/mol. The fraction of sp³-hybridized carbons (Fsp3) is 0.0952. The molecule has 4 heteroatoms. The summed E-state index contributed by atoms with van der Waals surface area (Å²) in [6.07, 6.45) is 1.87. The molecule has 0 spiro atoms. The van der Waals surface area contributed by atoms with Crippen LogP contribution >= 0.6 is 11.6 Å². The first-order valence-corrected chi connectivity index (χ1v) is 8.59. The van der Waals surface area contributed by atoms with Gasteiger partial charge in [-0.3, -0.25) is 4.57 Å². The summed E-state index contributed by atoms with van der Waals surface area (Å²) in [6.45, 7) is 2.84. The molecule has 124 valence electrons. The average molecular weight is 348 g/mol. The number of aryl methyl sites for hydroxylation is 1. The highest BCUT2D eigenvalue weighted by atomic mass is 35.5. The van der Waals surface area contributed by atoms with Gasteiger partial charge in [0, 0.05) is 22.9 Å². The van der Waals surface area contributed by atoms with Gasteiger partial charge in [0.25, 0.3) is 0 Å². The average Bonchev–Trinajstić information content (AvgIpc) is 3.05. The molecule has 0 saturated carbocycles. The number of imidazole rings is 1. The molecule has 0 aliphatic heterocycles. The van der Waals surface area contributed by atoms with E-state index >= 15 is 0 Å². The van der Waals surface area contributed by atoms with Crippen LogP contribution in [0.15, 0.2) is 73.1 Å². The second kappa shape index (κ2) is 6.61. The number of hydrogen-bond acceptors (Lipinski definition) is 2. The summed E-state index contributed by atoms with van der Waals surface area (Å²) < 4.78 is 2.11. The van der Waals surface area contributed by atoms with Gasteiger partial charge in [-0.1, -0.05) is 41.4 Å². The van der Waals surface area contributed by atoms with Crippen molar-refractivity contribution in [2.45, 2.75) is 13.5 Å². The summed E-state index contributed by atoms with van der Waals surface area (Å²) >= 11 is 5.92. The predicted octanol–water partition coefficient (Wildman–Crippen LogP) is 5.60. The van der Waals surface area contributed by atoms with Crippen LogP contribution in [0, 0.1) is 6.92 Å². The largest absolute Gasteiger partial charge is 0.381 e. The maximum absolute atomic E-state index is 5.92. The van der Waals surface area contributed by atoms with Gasteiger partial charge in [0.05, 0.1) is 11.0 Å². The van der Waals surface area contributed by atoms with Crippen molar-refractivity contribution in [2.75, 3.05) is 5.32 Å². The Kier molecular flexibility index (Phi) is 4.16. The molecule has 0 atom stereocenters. The van der Waals surface area contributed by atoms with E-state index in [2.05, 4.69) is 64.3 Å². The lowest BCUT2D eigenvalue weighted by molar-refractivity contribution is 1.09. The Morgan fingerprint density at radius 1 is 0.960 bits per heavy atom. The maximum Gasteiger partial charge on any atom is 0.100 e. The molecule has 0 unspecified atom stereocenters. The van der Waals surface area contributed by atoms with Crippen LogP contribution in [0.4, 0.5) is 5.69 Å². The molecule has 4 rings (SSSR count). The van der Waals surface area contributed by atoms with Crippen LogP contribution in [0.2, 0.25) is 5.02 Å². The molecule has 0 fully saturated rings. The Morgan fingerprint density at radius 2 is 1.72 bits per heavy atom. The predicted molar refractivity (Wildman–Crippen MR) is 105 cm³/mol. The zero-order valence-corrected chi connectivity index (χ0v) is 14.7. The van der Waals surface area contributed by atoms with Crippen LogP contribution in [0.25, 0.3) is 16.7 Å². The van der Waals surface area contributed by atoms with Gasteiger partial charge in [0.1, 0.15) is 6.33 Å². The van der Waals surface area contributed by atoms with Gasteiger partial charge in [-0.05, 0) is 55.0 Å². The summed E-state index contributed by atoms with van der Waals surface area (Å²) in [5.74, 6) is 0. The van der Waals surface area contributed by atoms with E-state index in [4.69, 9.17) is 11.6 Å². The van der Waals surface area contributed by atoms with Crippen LogP contribution in [0.5, 0.6) is 0 Å². The Labute approximate surface area is 151 Å². The quantitative estimate of drug-likeness (QED) is 0.520. The van der Waals surface area contributed by atoms with Crippen LogP contribution in [0.3, 0.4) is 0 Å². The molecule has 25 heavy (non-hydrogen) atoms. The number of fused-ring (bicyclic) bond motifs is 1. The van der Waals surface area contributed by atoms with Crippen LogP contribution in [-0.2, 0) is 6.54 Å². The SMILES string of the molecule is Cc1ccc(-n2cnc3cc(NCc4ccc(Cl)cc4)ccc32)cc1. The normalized spacial score (nSPS) is 11.0.